The molecule has 0 fully saturated rings. The summed E-state index contributed by atoms with van der Waals surface area (Å²) in [6, 6.07) is -0.367. The van der Waals surface area contributed by atoms with Crippen LogP contribution in [0.1, 0.15) is 0 Å². The van der Waals surface area contributed by atoms with E-state index < -0.39 is 0 Å². The molecule has 66 valence electrons. The van der Waals surface area contributed by atoms with Crippen LogP contribution in [0.3, 0.4) is 0 Å². The number of carbonyl (C=O) groups excluding carboxylic acids is 1. The normalized spacial score (nSPS) is 19.9. The van der Waals surface area contributed by atoms with Gasteiger partial charge in [0.1, 0.15) is 17.7 Å². The van der Waals surface area contributed by atoms with Gasteiger partial charge in [-0.1, -0.05) is 6.08 Å². The minimum Gasteiger partial charge on any atom is -0.497 e. The fraction of sp³-hybridized carbons (Fsp3) is 0.222. The molecule has 0 saturated carbocycles. The number of hydrogen-bond donors (Lipinski definition) is 0. The largest absolute Gasteiger partial charge is 0.497 e. The Bertz CT molecular complexity index is 358. The van der Waals surface area contributed by atoms with Gasteiger partial charge in [-0.05, 0) is 24.4 Å². The van der Waals surface area contributed by atoms with E-state index in [0.717, 1.165) is 0 Å². The lowest BCUT2D eigenvalue weighted by Crippen LogP contribution is -2.08. The summed E-state index contributed by atoms with van der Waals surface area (Å²) in [5.41, 5.74) is 0.400. The Kier molecular flexibility index (Phi) is 3.35. The van der Waals surface area contributed by atoms with Crippen LogP contribution in [0.5, 0.6) is 0 Å². The molecule has 0 heterocycles. The number of isothiocyanates is 1. The highest BCUT2D eigenvalue weighted by Gasteiger charge is 2.13. The van der Waals surface area contributed by atoms with Gasteiger partial charge >= 0.3 is 0 Å². The van der Waals surface area contributed by atoms with Gasteiger partial charge in [0.2, 0.25) is 0 Å². The summed E-state index contributed by atoms with van der Waals surface area (Å²) in [6.45, 7) is 0. The van der Waals surface area contributed by atoms with Gasteiger partial charge in [-0.2, -0.15) is 0 Å². The fourth-order valence-electron chi connectivity index (χ4n) is 0.963. The molecule has 0 saturated heterocycles. The Morgan fingerprint density at radius 3 is 3.00 bits per heavy atom. The Morgan fingerprint density at radius 1 is 1.69 bits per heavy atom. The van der Waals surface area contributed by atoms with Gasteiger partial charge in [-0.25, -0.2) is 9.79 Å². The average molecular weight is 193 g/mol. The van der Waals surface area contributed by atoms with Crippen molar-refractivity contribution in [2.45, 2.75) is 6.04 Å². The van der Waals surface area contributed by atoms with Gasteiger partial charge < -0.3 is 4.74 Å². The van der Waals surface area contributed by atoms with Crippen molar-refractivity contribution in [3.8, 4) is 0 Å². The maximum atomic E-state index is 10.5. The van der Waals surface area contributed by atoms with Crippen LogP contribution < -0.4 is 0 Å². The van der Waals surface area contributed by atoms with Gasteiger partial charge in [0.15, 0.2) is 0 Å². The van der Waals surface area contributed by atoms with E-state index in [1.165, 1.54) is 7.11 Å². The number of aliphatic imine (C=N–C) groups is 1. The molecule has 0 aromatic heterocycles. The Hall–Kier alpha value is -1.47. The summed E-state index contributed by atoms with van der Waals surface area (Å²) in [4.78, 5) is 14.3. The van der Waals surface area contributed by atoms with E-state index in [0.29, 0.717) is 11.3 Å². The molecule has 1 aliphatic carbocycles. The van der Waals surface area contributed by atoms with Crippen molar-refractivity contribution < 1.29 is 9.53 Å². The molecule has 4 heteroatoms. The molecule has 0 radical (unpaired) electrons. The van der Waals surface area contributed by atoms with Crippen molar-refractivity contribution in [3.05, 3.63) is 29.6 Å². The standard InChI is InChI=1S/C9H7NO2S/c1-12-8-2-3-9(10-6-13)7(4-8)5-11/h2-4,9H,1H3. The van der Waals surface area contributed by atoms with E-state index >= 15 is 0 Å². The molecular formula is C9H7NO2S. The number of methoxy groups -OCH3 is 1. The predicted octanol–water partition coefficient (Wildman–Crippen LogP) is 1.32. The van der Waals surface area contributed by atoms with Crippen LogP contribution in [-0.2, 0) is 9.53 Å². The molecule has 0 aromatic rings. The molecule has 0 amide bonds. The third-order valence-electron chi connectivity index (χ3n) is 1.60. The highest BCUT2D eigenvalue weighted by Crippen LogP contribution is 2.16. The van der Waals surface area contributed by atoms with E-state index in [2.05, 4.69) is 22.4 Å². The number of nitrogens with zero attached hydrogens (tertiary/aromatic N) is 1. The zero-order chi connectivity index (χ0) is 9.68. The van der Waals surface area contributed by atoms with Crippen molar-refractivity contribution in [1.82, 2.24) is 0 Å². The first-order valence-electron chi connectivity index (χ1n) is 3.57. The van der Waals surface area contributed by atoms with E-state index in [-0.39, 0.29) is 6.04 Å². The van der Waals surface area contributed by atoms with Gasteiger partial charge in [0.25, 0.3) is 0 Å². The maximum absolute atomic E-state index is 10.5. The van der Waals surface area contributed by atoms with E-state index in [1.54, 1.807) is 24.2 Å². The molecule has 3 nitrogen and oxygen atoms in total. The average Bonchev–Trinajstić information content (AvgIpc) is 2.19. The monoisotopic (exact) mass is 193 g/mol. The summed E-state index contributed by atoms with van der Waals surface area (Å²) in [5.74, 6) is 2.39. The Balaban J connectivity index is 3.00. The Morgan fingerprint density at radius 2 is 2.46 bits per heavy atom. The first-order chi connectivity index (χ1) is 6.31. The minimum atomic E-state index is -0.367. The molecule has 0 spiro atoms. The molecule has 1 aliphatic rings. The maximum Gasteiger partial charge on any atom is 0.130 e. The van der Waals surface area contributed by atoms with Crippen LogP contribution in [-0.4, -0.2) is 24.3 Å². The van der Waals surface area contributed by atoms with Crippen molar-refractivity contribution >= 4 is 23.3 Å². The smallest absolute Gasteiger partial charge is 0.130 e. The third-order valence-corrected chi connectivity index (χ3v) is 1.71. The van der Waals surface area contributed by atoms with Crippen LogP contribution in [0, 0.1) is 0 Å². The molecule has 0 aliphatic heterocycles. The molecule has 0 aromatic carbocycles. The topological polar surface area (TPSA) is 38.7 Å². The minimum absolute atomic E-state index is 0.367. The first-order valence-corrected chi connectivity index (χ1v) is 3.98. The van der Waals surface area contributed by atoms with Crippen molar-refractivity contribution in [1.29, 1.82) is 0 Å². The lowest BCUT2D eigenvalue weighted by molar-refractivity contribution is 0.305. The van der Waals surface area contributed by atoms with Crippen molar-refractivity contribution in [2.24, 2.45) is 4.99 Å². The first kappa shape index (κ1) is 9.62. The number of hydrogen-bond acceptors (Lipinski definition) is 4. The van der Waals surface area contributed by atoms with Crippen LogP contribution in [0.4, 0.5) is 0 Å². The highest BCUT2D eigenvalue weighted by atomic mass is 32.1. The third kappa shape index (κ3) is 2.23. The van der Waals surface area contributed by atoms with Gasteiger partial charge in [0, 0.05) is 0 Å². The summed E-state index contributed by atoms with van der Waals surface area (Å²) < 4.78 is 4.94. The van der Waals surface area contributed by atoms with Crippen molar-refractivity contribution in [2.75, 3.05) is 7.11 Å². The lowest BCUT2D eigenvalue weighted by Gasteiger charge is -2.10. The second kappa shape index (κ2) is 4.53. The number of rotatable bonds is 2. The molecule has 0 bridgehead atoms. The SMILES string of the molecule is COC1=CC(=C=O)C(N=C=S)C=C1. The summed E-state index contributed by atoms with van der Waals surface area (Å²) >= 11 is 4.45. The second-order valence-corrected chi connectivity index (χ2v) is 2.52. The number of allylic oxidation sites excluding steroid dienone is 1. The Labute approximate surface area is 81.1 Å². The van der Waals surface area contributed by atoms with Gasteiger partial charge in [0.05, 0.1) is 17.8 Å². The summed E-state index contributed by atoms with van der Waals surface area (Å²) in [6.07, 6.45) is 5.01. The van der Waals surface area contributed by atoms with E-state index in [1.807, 2.05) is 0 Å². The van der Waals surface area contributed by atoms with Crippen molar-refractivity contribution in [3.63, 3.8) is 0 Å². The van der Waals surface area contributed by atoms with Gasteiger partial charge in [-0.15, -0.1) is 0 Å². The van der Waals surface area contributed by atoms with E-state index in [9.17, 15) is 4.79 Å². The number of thiocarbonyl (C=S) groups is 1. The lowest BCUT2D eigenvalue weighted by atomic mass is 10.0. The molecule has 1 rings (SSSR count). The van der Waals surface area contributed by atoms with Crippen LogP contribution in [0.2, 0.25) is 0 Å². The molecule has 1 atom stereocenters. The quantitative estimate of drug-likeness (QED) is 0.377. The summed E-state index contributed by atoms with van der Waals surface area (Å²) in [7, 11) is 1.53. The second-order valence-electron chi connectivity index (χ2n) is 2.33. The van der Waals surface area contributed by atoms with Crippen LogP contribution in [0.25, 0.3) is 0 Å². The zero-order valence-electron chi connectivity index (χ0n) is 6.98. The molecule has 13 heavy (non-hydrogen) atoms. The number of ether oxygens (including phenoxy) is 1. The molecule has 0 N–H and O–H groups in total. The van der Waals surface area contributed by atoms with E-state index in [4.69, 9.17) is 4.74 Å². The molecule has 1 unspecified atom stereocenters. The summed E-state index contributed by atoms with van der Waals surface area (Å²) in [5, 5.41) is 2.22. The molecular weight excluding hydrogens is 186 g/mol. The zero-order valence-corrected chi connectivity index (χ0v) is 7.80. The van der Waals surface area contributed by atoms with Crippen LogP contribution in [0.15, 0.2) is 34.6 Å². The predicted molar refractivity (Wildman–Crippen MR) is 52.3 cm³/mol. The fourth-order valence-corrected chi connectivity index (χ4v) is 1.08. The highest BCUT2D eigenvalue weighted by molar-refractivity contribution is 7.78. The van der Waals surface area contributed by atoms with Crippen LogP contribution >= 0.6 is 12.2 Å². The van der Waals surface area contributed by atoms with Gasteiger partial charge in [-0.3, -0.25) is 0 Å².